The van der Waals surface area contributed by atoms with Gasteiger partial charge in [-0.25, -0.2) is 0 Å². The molecular weight excluding hydrogens is 262 g/mol. The van der Waals surface area contributed by atoms with Crippen LogP contribution in [-0.4, -0.2) is 24.4 Å². The summed E-state index contributed by atoms with van der Waals surface area (Å²) in [6.45, 7) is 7.07. The second-order valence-electron chi connectivity index (χ2n) is 6.77. The molecule has 2 rings (SSSR count). The molecule has 0 spiro atoms. The first-order chi connectivity index (χ1) is 9.93. The van der Waals surface area contributed by atoms with Crippen molar-refractivity contribution in [2.75, 3.05) is 13.7 Å². The van der Waals surface area contributed by atoms with Gasteiger partial charge in [0.2, 0.25) is 0 Å². The molecule has 0 heterocycles. The van der Waals surface area contributed by atoms with Crippen LogP contribution in [0.15, 0.2) is 18.2 Å². The smallest absolute Gasteiger partial charge is 0.123 e. The minimum absolute atomic E-state index is 0.168. The fourth-order valence-electron chi connectivity index (χ4n) is 3.42. The molecular formula is C18H29NO2. The summed E-state index contributed by atoms with van der Waals surface area (Å²) in [4.78, 5) is 0. The molecule has 3 atom stereocenters. The lowest BCUT2D eigenvalue weighted by molar-refractivity contribution is -0.0134. The molecule has 0 aromatic heterocycles. The molecule has 1 saturated carbocycles. The highest BCUT2D eigenvalue weighted by Gasteiger charge is 2.32. The third-order valence-corrected chi connectivity index (χ3v) is 4.66. The molecule has 21 heavy (non-hydrogen) atoms. The van der Waals surface area contributed by atoms with Crippen LogP contribution in [0, 0.1) is 12.8 Å². The van der Waals surface area contributed by atoms with Gasteiger partial charge in [-0.2, -0.15) is 0 Å². The van der Waals surface area contributed by atoms with Gasteiger partial charge < -0.3 is 15.2 Å². The van der Waals surface area contributed by atoms with Crippen molar-refractivity contribution < 1.29 is 9.84 Å². The average Bonchev–Trinajstić information content (AvgIpc) is 2.44. The van der Waals surface area contributed by atoms with Crippen molar-refractivity contribution in [2.45, 2.75) is 58.1 Å². The molecule has 1 aromatic rings. The highest BCUT2D eigenvalue weighted by Crippen LogP contribution is 2.33. The molecule has 0 amide bonds. The first-order valence-electron chi connectivity index (χ1n) is 8.04. The number of methoxy groups -OCH3 is 1. The van der Waals surface area contributed by atoms with E-state index in [4.69, 9.17) is 4.74 Å². The molecule has 1 fully saturated rings. The van der Waals surface area contributed by atoms with Crippen molar-refractivity contribution >= 4 is 0 Å². The molecule has 0 radical (unpaired) electrons. The van der Waals surface area contributed by atoms with Gasteiger partial charge in [-0.1, -0.05) is 31.9 Å². The van der Waals surface area contributed by atoms with E-state index >= 15 is 0 Å². The first kappa shape index (κ1) is 16.3. The Labute approximate surface area is 128 Å². The Hall–Kier alpha value is -1.06. The van der Waals surface area contributed by atoms with Crippen LogP contribution in [-0.2, 0) is 0 Å². The van der Waals surface area contributed by atoms with Gasteiger partial charge in [0, 0.05) is 18.2 Å². The number of aryl methyl sites for hydroxylation is 1. The molecule has 0 saturated heterocycles. The van der Waals surface area contributed by atoms with E-state index in [1.807, 2.05) is 0 Å². The summed E-state index contributed by atoms with van der Waals surface area (Å²) in [5.74, 6) is 1.54. The number of hydrogen-bond acceptors (Lipinski definition) is 3. The van der Waals surface area contributed by atoms with Crippen LogP contribution >= 0.6 is 0 Å². The van der Waals surface area contributed by atoms with Gasteiger partial charge >= 0.3 is 0 Å². The zero-order chi connectivity index (χ0) is 15.5. The van der Waals surface area contributed by atoms with E-state index < -0.39 is 5.60 Å². The monoisotopic (exact) mass is 291 g/mol. The van der Waals surface area contributed by atoms with Gasteiger partial charge in [-0.05, 0) is 44.2 Å². The maximum atomic E-state index is 10.7. The molecule has 1 aromatic carbocycles. The largest absolute Gasteiger partial charge is 0.496 e. The number of ether oxygens (including phenoxy) is 1. The fourth-order valence-corrected chi connectivity index (χ4v) is 3.42. The second-order valence-corrected chi connectivity index (χ2v) is 6.77. The molecule has 1 aliphatic rings. The minimum Gasteiger partial charge on any atom is -0.496 e. The van der Waals surface area contributed by atoms with Gasteiger partial charge in [0.25, 0.3) is 0 Å². The summed E-state index contributed by atoms with van der Waals surface area (Å²) in [6, 6.07) is 6.44. The number of aliphatic hydroxyl groups is 1. The Kier molecular flexibility index (Phi) is 5.28. The van der Waals surface area contributed by atoms with Crippen molar-refractivity contribution in [1.82, 2.24) is 5.32 Å². The van der Waals surface area contributed by atoms with Crippen LogP contribution in [0.4, 0.5) is 0 Å². The van der Waals surface area contributed by atoms with Crippen LogP contribution in [0.2, 0.25) is 0 Å². The van der Waals surface area contributed by atoms with Gasteiger partial charge in [-0.15, -0.1) is 0 Å². The summed E-state index contributed by atoms with van der Waals surface area (Å²) in [5.41, 5.74) is 1.79. The van der Waals surface area contributed by atoms with Crippen LogP contribution in [0.5, 0.6) is 5.75 Å². The van der Waals surface area contributed by atoms with Crippen molar-refractivity contribution in [3.8, 4) is 5.75 Å². The zero-order valence-electron chi connectivity index (χ0n) is 13.8. The summed E-state index contributed by atoms with van der Waals surface area (Å²) in [5, 5.41) is 14.2. The highest BCUT2D eigenvalue weighted by atomic mass is 16.5. The van der Waals surface area contributed by atoms with E-state index in [9.17, 15) is 5.11 Å². The van der Waals surface area contributed by atoms with Crippen molar-refractivity contribution in [3.05, 3.63) is 29.3 Å². The predicted octanol–water partition coefficient (Wildman–Crippen LogP) is 3.60. The summed E-state index contributed by atoms with van der Waals surface area (Å²) < 4.78 is 5.48. The topological polar surface area (TPSA) is 41.5 Å². The van der Waals surface area contributed by atoms with Crippen LogP contribution in [0.25, 0.3) is 0 Å². The van der Waals surface area contributed by atoms with E-state index in [1.54, 1.807) is 7.11 Å². The van der Waals surface area contributed by atoms with Gasteiger partial charge in [0.15, 0.2) is 0 Å². The molecule has 1 aliphatic carbocycles. The Morgan fingerprint density at radius 3 is 2.90 bits per heavy atom. The lowest BCUT2D eigenvalue weighted by Gasteiger charge is -2.36. The Morgan fingerprint density at radius 2 is 2.24 bits per heavy atom. The van der Waals surface area contributed by atoms with E-state index in [0.29, 0.717) is 12.5 Å². The van der Waals surface area contributed by atoms with E-state index in [0.717, 1.165) is 30.6 Å². The molecule has 118 valence electrons. The normalized spacial score (nSPS) is 27.4. The second kappa shape index (κ2) is 6.80. The number of benzene rings is 1. The lowest BCUT2D eigenvalue weighted by atomic mass is 9.79. The number of hydrogen-bond donors (Lipinski definition) is 2. The standard InChI is InChI=1S/C18H29NO2/c1-13-7-8-16(17(10-13)21-4)15(3)19-12-18(20)9-5-6-14(2)11-18/h7-8,10,14-15,19-20H,5-6,9,11-12H2,1-4H3. The molecule has 0 aliphatic heterocycles. The molecule has 2 N–H and O–H groups in total. The van der Waals surface area contributed by atoms with Crippen LogP contribution < -0.4 is 10.1 Å². The van der Waals surface area contributed by atoms with Gasteiger partial charge in [0.05, 0.1) is 12.7 Å². The third-order valence-electron chi connectivity index (χ3n) is 4.66. The zero-order valence-corrected chi connectivity index (χ0v) is 13.8. The molecule has 3 nitrogen and oxygen atoms in total. The summed E-state index contributed by atoms with van der Waals surface area (Å²) in [6.07, 6.45) is 4.17. The fraction of sp³-hybridized carbons (Fsp3) is 0.667. The first-order valence-corrected chi connectivity index (χ1v) is 8.04. The van der Waals surface area contributed by atoms with E-state index in [-0.39, 0.29) is 6.04 Å². The Bertz CT molecular complexity index is 474. The minimum atomic E-state index is -0.552. The van der Waals surface area contributed by atoms with Gasteiger partial charge in [-0.3, -0.25) is 0 Å². The maximum Gasteiger partial charge on any atom is 0.123 e. The van der Waals surface area contributed by atoms with Crippen molar-refractivity contribution in [1.29, 1.82) is 0 Å². The van der Waals surface area contributed by atoms with E-state index in [2.05, 4.69) is 44.3 Å². The summed E-state index contributed by atoms with van der Waals surface area (Å²) in [7, 11) is 1.71. The third kappa shape index (κ3) is 4.21. The van der Waals surface area contributed by atoms with Gasteiger partial charge in [0.1, 0.15) is 5.75 Å². The SMILES string of the molecule is COc1cc(C)ccc1C(C)NCC1(O)CCCC(C)C1. The van der Waals surface area contributed by atoms with Crippen LogP contribution in [0.3, 0.4) is 0 Å². The van der Waals surface area contributed by atoms with E-state index in [1.165, 1.54) is 12.0 Å². The number of nitrogens with one attached hydrogen (secondary N) is 1. The lowest BCUT2D eigenvalue weighted by Crippen LogP contribution is -2.44. The number of rotatable bonds is 5. The maximum absolute atomic E-state index is 10.7. The quantitative estimate of drug-likeness (QED) is 0.871. The van der Waals surface area contributed by atoms with Crippen LogP contribution in [0.1, 0.15) is 56.7 Å². The Balaban J connectivity index is 2.00. The predicted molar refractivity (Wildman–Crippen MR) is 86.7 cm³/mol. The molecule has 3 heteroatoms. The average molecular weight is 291 g/mol. The Morgan fingerprint density at radius 1 is 1.48 bits per heavy atom. The summed E-state index contributed by atoms with van der Waals surface area (Å²) >= 11 is 0. The molecule has 0 bridgehead atoms. The van der Waals surface area contributed by atoms with Crippen molar-refractivity contribution in [3.63, 3.8) is 0 Å². The highest BCUT2D eigenvalue weighted by molar-refractivity contribution is 5.39. The molecule has 3 unspecified atom stereocenters. The van der Waals surface area contributed by atoms with Crippen molar-refractivity contribution in [2.24, 2.45) is 5.92 Å².